The van der Waals surface area contributed by atoms with Crippen molar-refractivity contribution in [1.82, 2.24) is 0 Å². The zero-order chi connectivity index (χ0) is 15.3. The van der Waals surface area contributed by atoms with Gasteiger partial charge in [0.25, 0.3) is 0 Å². The summed E-state index contributed by atoms with van der Waals surface area (Å²) >= 11 is 12.4. The first-order valence-electron chi connectivity index (χ1n) is 7.26. The van der Waals surface area contributed by atoms with Gasteiger partial charge in [-0.3, -0.25) is 0 Å². The molecule has 0 unspecified atom stereocenters. The van der Waals surface area contributed by atoms with Crippen LogP contribution in [0.2, 0.25) is 10.0 Å². The van der Waals surface area contributed by atoms with E-state index in [1.165, 1.54) is 6.07 Å². The van der Waals surface area contributed by atoms with Gasteiger partial charge < -0.3 is 10.1 Å². The maximum atomic E-state index is 13.6. The summed E-state index contributed by atoms with van der Waals surface area (Å²) in [5, 5.41) is 4.75. The van der Waals surface area contributed by atoms with Gasteiger partial charge in [0, 0.05) is 33.8 Å². The molecule has 2 aromatic carbocycles. The molecule has 1 fully saturated rings. The Morgan fingerprint density at radius 3 is 2.77 bits per heavy atom. The van der Waals surface area contributed by atoms with Gasteiger partial charge >= 0.3 is 0 Å². The van der Waals surface area contributed by atoms with E-state index >= 15 is 0 Å². The Balaban J connectivity index is 1.80. The molecule has 0 spiro atoms. The lowest BCUT2D eigenvalue weighted by Gasteiger charge is -2.36. The monoisotopic (exact) mass is 337 g/mol. The minimum Gasteiger partial charge on any atom is -0.377 e. The minimum atomic E-state index is -0.238. The van der Waals surface area contributed by atoms with Gasteiger partial charge in [-0.15, -0.1) is 0 Å². The van der Waals surface area contributed by atoms with Crippen molar-refractivity contribution in [3.63, 3.8) is 0 Å². The van der Waals surface area contributed by atoms with E-state index in [1.54, 1.807) is 18.2 Å². The molecule has 3 atom stereocenters. The van der Waals surface area contributed by atoms with Crippen LogP contribution in [0, 0.1) is 11.7 Å². The normalized spacial score (nSPS) is 26.2. The van der Waals surface area contributed by atoms with Gasteiger partial charge in [-0.25, -0.2) is 4.39 Å². The van der Waals surface area contributed by atoms with Crippen molar-refractivity contribution in [3.05, 3.63) is 63.4 Å². The molecule has 2 heterocycles. The van der Waals surface area contributed by atoms with E-state index in [4.69, 9.17) is 27.9 Å². The molecule has 1 saturated heterocycles. The van der Waals surface area contributed by atoms with Crippen LogP contribution >= 0.6 is 23.2 Å². The molecular weight excluding hydrogens is 324 g/mol. The smallest absolute Gasteiger partial charge is 0.123 e. The van der Waals surface area contributed by atoms with E-state index in [1.807, 2.05) is 12.1 Å². The van der Waals surface area contributed by atoms with Crippen molar-refractivity contribution in [2.45, 2.75) is 18.6 Å². The van der Waals surface area contributed by atoms with E-state index in [2.05, 4.69) is 5.32 Å². The van der Waals surface area contributed by atoms with E-state index in [9.17, 15) is 4.39 Å². The number of anilines is 1. The lowest BCUT2D eigenvalue weighted by molar-refractivity contribution is 0.0827. The number of halogens is 3. The molecule has 2 aliphatic heterocycles. The first kappa shape index (κ1) is 14.3. The quantitative estimate of drug-likeness (QED) is 0.754. The molecule has 0 aromatic heterocycles. The standard InChI is InChI=1S/C17H14Cl2FNO/c18-9-1-3-11(14(19)7-9)16-12-5-6-22-17(12)13-8-10(20)2-4-15(13)21-16/h1-4,7-8,12,16-17,21H,5-6H2/t12-,16+,17-/m1/s1. The average molecular weight is 338 g/mol. The largest absolute Gasteiger partial charge is 0.377 e. The molecule has 0 bridgehead atoms. The summed E-state index contributed by atoms with van der Waals surface area (Å²) in [7, 11) is 0. The lowest BCUT2D eigenvalue weighted by Crippen LogP contribution is -2.29. The fourth-order valence-electron chi connectivity index (χ4n) is 3.51. The maximum Gasteiger partial charge on any atom is 0.123 e. The highest BCUT2D eigenvalue weighted by atomic mass is 35.5. The highest BCUT2D eigenvalue weighted by Gasteiger charge is 2.42. The van der Waals surface area contributed by atoms with Gasteiger partial charge in [-0.2, -0.15) is 0 Å². The second kappa shape index (κ2) is 5.41. The highest BCUT2D eigenvalue weighted by Crippen LogP contribution is 2.51. The van der Waals surface area contributed by atoms with E-state index in [0.29, 0.717) is 16.7 Å². The summed E-state index contributed by atoms with van der Waals surface area (Å²) in [6.45, 7) is 0.675. The van der Waals surface area contributed by atoms with Crippen molar-refractivity contribution in [2.24, 2.45) is 5.92 Å². The van der Waals surface area contributed by atoms with Gasteiger partial charge in [-0.05, 0) is 42.3 Å². The van der Waals surface area contributed by atoms with Gasteiger partial charge in [0.05, 0.1) is 12.1 Å². The topological polar surface area (TPSA) is 21.3 Å². The Morgan fingerprint density at radius 1 is 1.09 bits per heavy atom. The van der Waals surface area contributed by atoms with Gasteiger partial charge in [0.1, 0.15) is 5.82 Å². The summed E-state index contributed by atoms with van der Waals surface area (Å²) in [4.78, 5) is 0. The predicted molar refractivity (Wildman–Crippen MR) is 86.0 cm³/mol. The fraction of sp³-hybridized carbons (Fsp3) is 0.294. The van der Waals surface area contributed by atoms with Crippen molar-refractivity contribution < 1.29 is 9.13 Å². The maximum absolute atomic E-state index is 13.6. The molecule has 114 valence electrons. The van der Waals surface area contributed by atoms with Crippen LogP contribution in [0.1, 0.15) is 29.7 Å². The Bertz CT molecular complexity index is 737. The minimum absolute atomic E-state index is 0.0372. The molecule has 22 heavy (non-hydrogen) atoms. The van der Waals surface area contributed by atoms with Crippen LogP contribution in [-0.2, 0) is 4.74 Å². The zero-order valence-electron chi connectivity index (χ0n) is 11.7. The van der Waals surface area contributed by atoms with Crippen LogP contribution in [0.4, 0.5) is 10.1 Å². The average Bonchev–Trinajstić information content (AvgIpc) is 2.97. The van der Waals surface area contributed by atoms with Crippen LogP contribution in [0.15, 0.2) is 36.4 Å². The molecule has 5 heteroatoms. The molecule has 0 radical (unpaired) electrons. The molecule has 0 aliphatic carbocycles. The first-order chi connectivity index (χ1) is 10.6. The molecule has 2 nitrogen and oxygen atoms in total. The molecule has 1 N–H and O–H groups in total. The van der Waals surface area contributed by atoms with Gasteiger partial charge in [0.2, 0.25) is 0 Å². The molecular formula is C17H14Cl2FNO. The third kappa shape index (κ3) is 2.28. The number of rotatable bonds is 1. The molecule has 0 amide bonds. The summed E-state index contributed by atoms with van der Waals surface area (Å²) in [5.74, 6) is -0.00856. The number of nitrogens with one attached hydrogen (secondary N) is 1. The molecule has 2 aliphatic rings. The molecule has 2 aromatic rings. The number of hydrogen-bond donors (Lipinski definition) is 1. The summed E-state index contributed by atoms with van der Waals surface area (Å²) in [5.41, 5.74) is 2.80. The Morgan fingerprint density at radius 2 is 1.95 bits per heavy atom. The summed E-state index contributed by atoms with van der Waals surface area (Å²) in [6, 6.07) is 10.4. The van der Waals surface area contributed by atoms with E-state index < -0.39 is 0 Å². The second-order valence-electron chi connectivity index (χ2n) is 5.76. The molecule has 0 saturated carbocycles. The van der Waals surface area contributed by atoms with Crippen molar-refractivity contribution in [1.29, 1.82) is 0 Å². The third-order valence-corrected chi connectivity index (χ3v) is 5.06. The Kier molecular flexibility index (Phi) is 3.52. The third-order valence-electron chi connectivity index (χ3n) is 4.49. The zero-order valence-corrected chi connectivity index (χ0v) is 13.2. The fourth-order valence-corrected chi connectivity index (χ4v) is 4.03. The van der Waals surface area contributed by atoms with Gasteiger partial charge in [0.15, 0.2) is 0 Å². The van der Waals surface area contributed by atoms with E-state index in [-0.39, 0.29) is 23.9 Å². The van der Waals surface area contributed by atoms with Crippen LogP contribution < -0.4 is 5.32 Å². The van der Waals surface area contributed by atoms with Crippen LogP contribution in [0.25, 0.3) is 0 Å². The number of benzene rings is 2. The second-order valence-corrected chi connectivity index (χ2v) is 6.61. The van der Waals surface area contributed by atoms with Crippen molar-refractivity contribution >= 4 is 28.9 Å². The highest BCUT2D eigenvalue weighted by molar-refractivity contribution is 6.35. The van der Waals surface area contributed by atoms with Crippen molar-refractivity contribution in [2.75, 3.05) is 11.9 Å². The summed E-state index contributed by atoms with van der Waals surface area (Å²) < 4.78 is 19.4. The van der Waals surface area contributed by atoms with Crippen LogP contribution in [0.3, 0.4) is 0 Å². The number of hydrogen-bond acceptors (Lipinski definition) is 2. The predicted octanol–water partition coefficient (Wildman–Crippen LogP) is 5.38. The number of ether oxygens (including phenoxy) is 1. The SMILES string of the molecule is Fc1ccc2c(c1)[C@@H]1OCC[C@@H]1[C@H](c1ccc(Cl)cc1Cl)N2. The van der Waals surface area contributed by atoms with E-state index in [0.717, 1.165) is 23.2 Å². The lowest BCUT2D eigenvalue weighted by atomic mass is 9.81. The van der Waals surface area contributed by atoms with Gasteiger partial charge in [-0.1, -0.05) is 29.3 Å². The van der Waals surface area contributed by atoms with Crippen LogP contribution in [-0.4, -0.2) is 6.61 Å². The molecule has 4 rings (SSSR count). The Hall–Kier alpha value is -1.29. The Labute approximate surface area is 138 Å². The number of fused-ring (bicyclic) bond motifs is 3. The summed E-state index contributed by atoms with van der Waals surface area (Å²) in [6.07, 6.45) is 0.820. The van der Waals surface area contributed by atoms with Crippen molar-refractivity contribution in [3.8, 4) is 0 Å². The first-order valence-corrected chi connectivity index (χ1v) is 8.01. The van der Waals surface area contributed by atoms with Crippen LogP contribution in [0.5, 0.6) is 0 Å².